The third-order valence-corrected chi connectivity index (χ3v) is 8.88. The van der Waals surface area contributed by atoms with E-state index < -0.39 is 14.0 Å². The van der Waals surface area contributed by atoms with Crippen LogP contribution in [0.15, 0.2) is 30.3 Å². The number of carbonyl (C=O) groups excluding carboxylic acids is 2. The third-order valence-electron chi connectivity index (χ3n) is 4.38. The van der Waals surface area contributed by atoms with Gasteiger partial charge in [-0.1, -0.05) is 55.5 Å². The summed E-state index contributed by atoms with van der Waals surface area (Å²) in [5, 5.41) is 1.26. The molecule has 1 rings (SSSR count). The standard InChI is InChI=1S/C16H24O4Si/c1-12(14(16(18)20-3)11-15(17)19-2)21(4,5)13-9-7-6-8-10-13/h6-10,12,14H,11H2,1-5H3/t12-,14-/m0/s1. The summed E-state index contributed by atoms with van der Waals surface area (Å²) in [5.74, 6) is -1.19. The van der Waals surface area contributed by atoms with Crippen molar-refractivity contribution >= 4 is 25.2 Å². The van der Waals surface area contributed by atoms with Crippen LogP contribution in [-0.4, -0.2) is 34.2 Å². The number of rotatable bonds is 6. The van der Waals surface area contributed by atoms with Crippen molar-refractivity contribution in [2.75, 3.05) is 14.2 Å². The van der Waals surface area contributed by atoms with E-state index in [0.29, 0.717) is 0 Å². The van der Waals surface area contributed by atoms with Crippen LogP contribution in [0.5, 0.6) is 0 Å². The molecule has 0 heterocycles. The SMILES string of the molecule is COC(=O)C[C@H](C(=O)OC)[C@H](C)[Si](C)(C)c1ccccc1. The molecule has 0 bridgehead atoms. The highest BCUT2D eigenvalue weighted by atomic mass is 28.3. The quantitative estimate of drug-likeness (QED) is 0.598. The highest BCUT2D eigenvalue weighted by molar-refractivity contribution is 6.91. The summed E-state index contributed by atoms with van der Waals surface area (Å²) in [4.78, 5) is 23.7. The Balaban J connectivity index is 3.06. The third kappa shape index (κ3) is 4.17. The highest BCUT2D eigenvalue weighted by Crippen LogP contribution is 2.32. The van der Waals surface area contributed by atoms with Crippen molar-refractivity contribution < 1.29 is 19.1 Å². The van der Waals surface area contributed by atoms with E-state index in [9.17, 15) is 9.59 Å². The summed E-state index contributed by atoms with van der Waals surface area (Å²) < 4.78 is 9.60. The molecule has 2 atom stereocenters. The van der Waals surface area contributed by atoms with Crippen LogP contribution in [0.2, 0.25) is 18.6 Å². The normalized spacial score (nSPS) is 14.1. The summed E-state index contributed by atoms with van der Waals surface area (Å²) in [6.07, 6.45) is 0.0631. The van der Waals surface area contributed by atoms with E-state index in [-0.39, 0.29) is 23.9 Å². The molecule has 4 nitrogen and oxygen atoms in total. The van der Waals surface area contributed by atoms with Crippen LogP contribution >= 0.6 is 0 Å². The lowest BCUT2D eigenvalue weighted by Crippen LogP contribution is -2.49. The van der Waals surface area contributed by atoms with Gasteiger partial charge in [-0.25, -0.2) is 0 Å². The minimum Gasteiger partial charge on any atom is -0.469 e. The predicted molar refractivity (Wildman–Crippen MR) is 85.1 cm³/mol. The molecule has 21 heavy (non-hydrogen) atoms. The van der Waals surface area contributed by atoms with Gasteiger partial charge in [0.05, 0.1) is 34.6 Å². The van der Waals surface area contributed by atoms with E-state index in [2.05, 4.69) is 25.2 Å². The molecule has 0 unspecified atom stereocenters. The fourth-order valence-corrected chi connectivity index (χ4v) is 5.35. The molecule has 0 aromatic heterocycles. The van der Waals surface area contributed by atoms with E-state index >= 15 is 0 Å². The minimum atomic E-state index is -1.91. The summed E-state index contributed by atoms with van der Waals surface area (Å²) in [6, 6.07) is 10.2. The van der Waals surface area contributed by atoms with Gasteiger partial charge < -0.3 is 9.47 Å². The zero-order valence-corrected chi connectivity index (χ0v) is 14.4. The van der Waals surface area contributed by atoms with Crippen molar-refractivity contribution in [3.8, 4) is 0 Å². The maximum absolute atomic E-state index is 12.1. The van der Waals surface area contributed by atoms with Crippen LogP contribution in [0.3, 0.4) is 0 Å². The lowest BCUT2D eigenvalue weighted by atomic mass is 10.0. The number of hydrogen-bond acceptors (Lipinski definition) is 4. The van der Waals surface area contributed by atoms with Gasteiger partial charge in [-0.3, -0.25) is 9.59 Å². The summed E-state index contributed by atoms with van der Waals surface area (Å²) in [5.41, 5.74) is 0.0615. The Morgan fingerprint density at radius 2 is 1.67 bits per heavy atom. The molecular weight excluding hydrogens is 284 g/mol. The van der Waals surface area contributed by atoms with Crippen molar-refractivity contribution in [1.29, 1.82) is 0 Å². The number of hydrogen-bond donors (Lipinski definition) is 0. The van der Waals surface area contributed by atoms with Gasteiger partial charge in [-0.05, 0) is 5.54 Å². The van der Waals surface area contributed by atoms with Crippen LogP contribution < -0.4 is 5.19 Å². The predicted octanol–water partition coefficient (Wildman–Crippen LogP) is 2.34. The number of methoxy groups -OCH3 is 2. The van der Waals surface area contributed by atoms with Gasteiger partial charge in [-0.2, -0.15) is 0 Å². The highest BCUT2D eigenvalue weighted by Gasteiger charge is 2.40. The number of benzene rings is 1. The number of carbonyl (C=O) groups is 2. The van der Waals surface area contributed by atoms with E-state index in [1.54, 1.807) is 0 Å². The maximum atomic E-state index is 12.1. The van der Waals surface area contributed by atoms with E-state index in [1.165, 1.54) is 19.4 Å². The first-order valence-corrected chi connectivity index (χ1v) is 10.1. The van der Waals surface area contributed by atoms with Crippen LogP contribution in [0.4, 0.5) is 0 Å². The fraction of sp³-hybridized carbons (Fsp3) is 0.500. The molecule has 0 N–H and O–H groups in total. The van der Waals surface area contributed by atoms with Gasteiger partial charge in [0.2, 0.25) is 0 Å². The van der Waals surface area contributed by atoms with Crippen LogP contribution in [0.1, 0.15) is 13.3 Å². The number of esters is 2. The molecule has 1 aromatic rings. The molecule has 116 valence electrons. The zero-order valence-electron chi connectivity index (χ0n) is 13.4. The Morgan fingerprint density at radius 3 is 2.14 bits per heavy atom. The van der Waals surface area contributed by atoms with E-state index in [1.807, 2.05) is 25.1 Å². The van der Waals surface area contributed by atoms with Crippen molar-refractivity contribution in [3.63, 3.8) is 0 Å². The molecule has 1 aromatic carbocycles. The monoisotopic (exact) mass is 308 g/mol. The van der Waals surface area contributed by atoms with Crippen molar-refractivity contribution in [2.45, 2.75) is 32.0 Å². The lowest BCUT2D eigenvalue weighted by molar-refractivity contribution is -0.152. The van der Waals surface area contributed by atoms with Crippen molar-refractivity contribution in [1.82, 2.24) is 0 Å². The first kappa shape index (κ1) is 17.4. The van der Waals surface area contributed by atoms with Gasteiger partial charge in [-0.15, -0.1) is 0 Å². The Kier molecular flexibility index (Phi) is 6.14. The van der Waals surface area contributed by atoms with Crippen molar-refractivity contribution in [2.24, 2.45) is 5.92 Å². The average Bonchev–Trinajstić information content (AvgIpc) is 2.51. The zero-order chi connectivity index (χ0) is 16.0. The van der Waals surface area contributed by atoms with Gasteiger partial charge in [0.15, 0.2) is 0 Å². The molecule has 0 radical (unpaired) electrons. The smallest absolute Gasteiger partial charge is 0.309 e. The van der Waals surface area contributed by atoms with Crippen molar-refractivity contribution in [3.05, 3.63) is 30.3 Å². The largest absolute Gasteiger partial charge is 0.469 e. The van der Waals surface area contributed by atoms with Gasteiger partial charge >= 0.3 is 11.9 Å². The first-order chi connectivity index (χ1) is 9.84. The fourth-order valence-electron chi connectivity index (χ4n) is 2.51. The van der Waals surface area contributed by atoms with Crippen LogP contribution in [-0.2, 0) is 19.1 Å². The maximum Gasteiger partial charge on any atom is 0.309 e. The van der Waals surface area contributed by atoms with E-state index in [4.69, 9.17) is 9.47 Å². The molecule has 0 fully saturated rings. The average molecular weight is 308 g/mol. The summed E-state index contributed by atoms with van der Waals surface area (Å²) in [7, 11) is 0.779. The first-order valence-electron chi connectivity index (χ1n) is 7.04. The molecule has 0 aliphatic heterocycles. The van der Waals surface area contributed by atoms with Crippen LogP contribution in [0.25, 0.3) is 0 Å². The van der Waals surface area contributed by atoms with Gasteiger partial charge in [0.25, 0.3) is 0 Å². The lowest BCUT2D eigenvalue weighted by Gasteiger charge is -2.34. The number of ether oxygens (including phenoxy) is 2. The molecule has 0 amide bonds. The second-order valence-electron chi connectivity index (χ2n) is 5.79. The molecule has 0 saturated carbocycles. The molecule has 0 aliphatic carbocycles. The van der Waals surface area contributed by atoms with Gasteiger partial charge in [0, 0.05) is 0 Å². The molecule has 5 heteroatoms. The topological polar surface area (TPSA) is 52.6 Å². The molecular formula is C16H24O4Si. The Labute approximate surface area is 127 Å². The van der Waals surface area contributed by atoms with Gasteiger partial charge in [0.1, 0.15) is 0 Å². The summed E-state index contributed by atoms with van der Waals surface area (Å²) >= 11 is 0. The Hall–Kier alpha value is -1.62. The second-order valence-corrected chi connectivity index (χ2v) is 10.7. The Bertz CT molecular complexity index is 484. The summed E-state index contributed by atoms with van der Waals surface area (Å²) in [6.45, 7) is 6.45. The Morgan fingerprint density at radius 1 is 1.10 bits per heavy atom. The van der Waals surface area contributed by atoms with Crippen LogP contribution in [0, 0.1) is 5.92 Å². The second kappa shape index (κ2) is 7.40. The molecule has 0 aliphatic rings. The van der Waals surface area contributed by atoms with E-state index in [0.717, 1.165) is 0 Å². The molecule has 0 saturated heterocycles. The minimum absolute atomic E-state index is 0.0615. The molecule has 0 spiro atoms.